The summed E-state index contributed by atoms with van der Waals surface area (Å²) in [6.07, 6.45) is -8.61. The van der Waals surface area contributed by atoms with Crippen molar-refractivity contribution in [1.29, 1.82) is 0 Å². The Labute approximate surface area is 84.3 Å². The molecular weight excluding hydrogens is 244 g/mol. The molecule has 0 aliphatic rings. The van der Waals surface area contributed by atoms with Crippen LogP contribution in [-0.2, 0) is 0 Å². The minimum absolute atomic E-state index is 0.0503. The van der Waals surface area contributed by atoms with Gasteiger partial charge in [-0.05, 0) is 0 Å². The van der Waals surface area contributed by atoms with Crippen molar-refractivity contribution in [1.82, 2.24) is 4.98 Å². The predicted molar refractivity (Wildman–Crippen MR) is 37.5 cm³/mol. The minimum Gasteiger partial charge on any atom is -0.503 e. The Morgan fingerprint density at radius 2 is 1.88 bits per heavy atom. The maximum atomic E-state index is 12.7. The van der Waals surface area contributed by atoms with Crippen molar-refractivity contribution in [3.05, 3.63) is 17.6 Å². The monoisotopic (exact) mass is 247 g/mol. The van der Waals surface area contributed by atoms with Crippen LogP contribution in [0.5, 0.6) is 11.6 Å². The smallest absolute Gasteiger partial charge is 0.503 e. The number of alkyl halides is 5. The van der Waals surface area contributed by atoms with E-state index >= 15 is 0 Å². The predicted octanol–water partition coefficient (Wildman–Crippen LogP) is 2.76. The van der Waals surface area contributed by atoms with Gasteiger partial charge in [-0.2, -0.15) is 0 Å². The fourth-order valence-electron chi connectivity index (χ4n) is 0.826. The molecule has 0 spiro atoms. The van der Waals surface area contributed by atoms with E-state index in [4.69, 9.17) is 5.11 Å². The first kappa shape index (κ1) is 12.4. The topological polar surface area (TPSA) is 42.4 Å². The van der Waals surface area contributed by atoms with Crippen LogP contribution in [0, 0.1) is 5.82 Å². The van der Waals surface area contributed by atoms with Gasteiger partial charge in [0, 0.05) is 6.07 Å². The van der Waals surface area contributed by atoms with Crippen LogP contribution in [0.25, 0.3) is 0 Å². The highest BCUT2D eigenvalue weighted by atomic mass is 19.4. The van der Waals surface area contributed by atoms with Crippen molar-refractivity contribution in [3.63, 3.8) is 0 Å². The maximum Gasteiger partial charge on any atom is 0.574 e. The fraction of sp³-hybridized carbons (Fsp3) is 0.286. The van der Waals surface area contributed by atoms with E-state index in [1.54, 1.807) is 0 Å². The van der Waals surface area contributed by atoms with E-state index in [-0.39, 0.29) is 6.07 Å². The molecule has 90 valence electrons. The van der Waals surface area contributed by atoms with E-state index in [0.717, 1.165) is 0 Å². The Morgan fingerprint density at radius 1 is 1.31 bits per heavy atom. The van der Waals surface area contributed by atoms with Gasteiger partial charge in [0.25, 0.3) is 6.43 Å². The molecule has 0 aliphatic heterocycles. The number of nitrogens with zero attached hydrogens (tertiary/aromatic N) is 1. The molecule has 1 aromatic heterocycles. The van der Waals surface area contributed by atoms with E-state index in [0.29, 0.717) is 0 Å². The highest BCUT2D eigenvalue weighted by Crippen LogP contribution is 2.32. The number of hydrogen-bond acceptors (Lipinski definition) is 3. The minimum atomic E-state index is -5.18. The molecule has 0 amide bonds. The summed E-state index contributed by atoms with van der Waals surface area (Å²) in [5.41, 5.74) is -1.51. The lowest BCUT2D eigenvalue weighted by Crippen LogP contribution is -2.18. The molecule has 0 aromatic carbocycles. The quantitative estimate of drug-likeness (QED) is 0.817. The van der Waals surface area contributed by atoms with Gasteiger partial charge in [-0.3, -0.25) is 0 Å². The van der Waals surface area contributed by atoms with Crippen LogP contribution in [0.15, 0.2) is 6.07 Å². The number of pyridine rings is 1. The first-order chi connectivity index (χ1) is 7.20. The van der Waals surface area contributed by atoms with Crippen LogP contribution < -0.4 is 4.74 Å². The molecule has 16 heavy (non-hydrogen) atoms. The molecule has 1 aromatic rings. The van der Waals surface area contributed by atoms with Crippen LogP contribution in [0.1, 0.15) is 12.1 Å². The van der Waals surface area contributed by atoms with Crippen LogP contribution in [0.3, 0.4) is 0 Å². The summed E-state index contributed by atoms with van der Waals surface area (Å²) in [6, 6.07) is 0.0503. The summed E-state index contributed by atoms with van der Waals surface area (Å²) >= 11 is 0. The Morgan fingerprint density at radius 3 is 2.31 bits per heavy atom. The van der Waals surface area contributed by atoms with Crippen LogP contribution in [-0.4, -0.2) is 16.5 Å². The van der Waals surface area contributed by atoms with Crippen molar-refractivity contribution < 1.29 is 36.2 Å². The van der Waals surface area contributed by atoms with Crippen molar-refractivity contribution in [2.75, 3.05) is 0 Å². The molecule has 0 radical (unpaired) electrons. The van der Waals surface area contributed by atoms with Crippen molar-refractivity contribution in [3.8, 4) is 11.6 Å². The Hall–Kier alpha value is -1.67. The molecule has 0 unspecified atom stereocenters. The van der Waals surface area contributed by atoms with Gasteiger partial charge in [0.15, 0.2) is 17.3 Å². The summed E-state index contributed by atoms with van der Waals surface area (Å²) in [5, 5.41) is 8.74. The van der Waals surface area contributed by atoms with Gasteiger partial charge in [-0.1, -0.05) is 0 Å². The van der Waals surface area contributed by atoms with E-state index < -0.39 is 35.9 Å². The third-order valence-electron chi connectivity index (χ3n) is 1.38. The molecule has 1 heterocycles. The molecular formula is C7H3F6NO2. The first-order valence-electron chi connectivity index (χ1n) is 3.64. The third kappa shape index (κ3) is 2.91. The van der Waals surface area contributed by atoms with Gasteiger partial charge in [-0.15, -0.1) is 13.2 Å². The highest BCUT2D eigenvalue weighted by molar-refractivity contribution is 5.33. The van der Waals surface area contributed by atoms with Gasteiger partial charge < -0.3 is 9.84 Å². The van der Waals surface area contributed by atoms with E-state index in [9.17, 15) is 26.3 Å². The normalized spacial score (nSPS) is 11.9. The maximum absolute atomic E-state index is 12.7. The molecule has 0 aliphatic carbocycles. The lowest BCUT2D eigenvalue weighted by atomic mass is 10.3. The number of ether oxygens (including phenoxy) is 1. The second-order valence-corrected chi connectivity index (χ2v) is 2.52. The summed E-state index contributed by atoms with van der Waals surface area (Å²) in [5.74, 6) is -4.59. The van der Waals surface area contributed by atoms with Gasteiger partial charge >= 0.3 is 6.36 Å². The standard InChI is InChI=1S/C7H3F6NO2/c8-2-1-3(16-7(11,12)13)14-4(5(2)15)6(9)10/h1,6,15H. The lowest BCUT2D eigenvalue weighted by molar-refractivity contribution is -0.276. The molecule has 0 atom stereocenters. The number of aromatic nitrogens is 1. The Kier molecular flexibility index (Phi) is 3.15. The van der Waals surface area contributed by atoms with Crippen molar-refractivity contribution >= 4 is 0 Å². The van der Waals surface area contributed by atoms with Crippen LogP contribution >= 0.6 is 0 Å². The summed E-state index contributed by atoms with van der Waals surface area (Å²) in [6.45, 7) is 0. The zero-order chi connectivity index (χ0) is 12.5. The second-order valence-electron chi connectivity index (χ2n) is 2.52. The summed E-state index contributed by atoms with van der Waals surface area (Å²) in [7, 11) is 0. The molecule has 0 fully saturated rings. The fourth-order valence-corrected chi connectivity index (χ4v) is 0.826. The van der Waals surface area contributed by atoms with Gasteiger partial charge in [-0.25, -0.2) is 18.2 Å². The average molecular weight is 247 g/mol. The van der Waals surface area contributed by atoms with Gasteiger partial charge in [0.05, 0.1) is 0 Å². The lowest BCUT2D eigenvalue weighted by Gasteiger charge is -2.10. The second kappa shape index (κ2) is 4.06. The molecule has 1 rings (SSSR count). The average Bonchev–Trinajstić information content (AvgIpc) is 2.07. The molecule has 0 bridgehead atoms. The molecule has 0 saturated heterocycles. The Bertz CT molecular complexity index is 391. The van der Waals surface area contributed by atoms with Gasteiger partial charge in [0.1, 0.15) is 0 Å². The molecule has 9 heteroatoms. The zero-order valence-corrected chi connectivity index (χ0v) is 7.23. The first-order valence-corrected chi connectivity index (χ1v) is 3.64. The number of aromatic hydroxyl groups is 1. The van der Waals surface area contributed by atoms with E-state index in [1.165, 1.54) is 0 Å². The molecule has 0 saturated carbocycles. The largest absolute Gasteiger partial charge is 0.574 e. The summed E-state index contributed by atoms with van der Waals surface area (Å²) in [4.78, 5) is 2.64. The van der Waals surface area contributed by atoms with Gasteiger partial charge in [0.2, 0.25) is 5.88 Å². The van der Waals surface area contributed by atoms with E-state index in [2.05, 4.69) is 9.72 Å². The Balaban J connectivity index is 3.14. The highest BCUT2D eigenvalue weighted by Gasteiger charge is 2.33. The zero-order valence-electron chi connectivity index (χ0n) is 7.23. The third-order valence-corrected chi connectivity index (χ3v) is 1.38. The van der Waals surface area contributed by atoms with Crippen molar-refractivity contribution in [2.45, 2.75) is 12.8 Å². The van der Waals surface area contributed by atoms with Crippen molar-refractivity contribution in [2.24, 2.45) is 0 Å². The molecule has 3 nitrogen and oxygen atoms in total. The van der Waals surface area contributed by atoms with Crippen LogP contribution in [0.4, 0.5) is 26.3 Å². The number of rotatable bonds is 2. The number of hydrogen-bond donors (Lipinski definition) is 1. The summed E-state index contributed by atoms with van der Waals surface area (Å²) < 4.78 is 75.0. The molecule has 1 N–H and O–H groups in total. The SMILES string of the molecule is Oc1c(F)cc(OC(F)(F)F)nc1C(F)F. The van der Waals surface area contributed by atoms with E-state index in [1.807, 2.05) is 0 Å². The van der Waals surface area contributed by atoms with Crippen LogP contribution in [0.2, 0.25) is 0 Å². The number of halogens is 6.